The summed E-state index contributed by atoms with van der Waals surface area (Å²) in [6.45, 7) is 2.52. The molecule has 0 aliphatic carbocycles. The minimum Gasteiger partial charge on any atom is -0.494 e. The van der Waals surface area contributed by atoms with Crippen LogP contribution >= 0.6 is 35.1 Å². The maximum Gasteiger partial charge on any atom is 0.264 e. The third-order valence-corrected chi connectivity index (χ3v) is 6.18. The molecule has 0 radical (unpaired) electrons. The van der Waals surface area contributed by atoms with Gasteiger partial charge in [0.2, 0.25) is 0 Å². The Morgan fingerprint density at radius 2 is 2.03 bits per heavy atom. The van der Waals surface area contributed by atoms with E-state index in [2.05, 4.69) is 5.32 Å². The van der Waals surface area contributed by atoms with Crippen molar-refractivity contribution >= 4 is 63.2 Å². The fourth-order valence-corrected chi connectivity index (χ4v) is 4.49. The van der Waals surface area contributed by atoms with Gasteiger partial charge in [0.1, 0.15) is 10.8 Å². The van der Waals surface area contributed by atoms with E-state index in [9.17, 15) is 4.79 Å². The first-order chi connectivity index (χ1) is 14.0. The van der Waals surface area contributed by atoms with Crippen molar-refractivity contribution < 1.29 is 9.53 Å². The lowest BCUT2D eigenvalue weighted by Crippen LogP contribution is -2.18. The smallest absolute Gasteiger partial charge is 0.264 e. The Labute approximate surface area is 181 Å². The molecule has 1 saturated heterocycles. The average Bonchev–Trinajstić information content (AvgIpc) is 3.01. The summed E-state index contributed by atoms with van der Waals surface area (Å²) >= 11 is 8.60. The Morgan fingerprint density at radius 3 is 2.72 bits per heavy atom. The summed E-state index contributed by atoms with van der Waals surface area (Å²) in [5.74, 6) is 0.499. The lowest BCUT2D eigenvalue weighted by molar-refractivity contribution is -0.115. The number of thioether (sulfide) groups is 1. The number of rotatable bonds is 5. The molecule has 8 heteroatoms. The van der Waals surface area contributed by atoms with Crippen LogP contribution in [-0.2, 0) is 4.79 Å². The summed E-state index contributed by atoms with van der Waals surface area (Å²) in [7, 11) is 0. The molecule has 5 nitrogen and oxygen atoms in total. The van der Waals surface area contributed by atoms with Crippen molar-refractivity contribution in [2.45, 2.75) is 16.8 Å². The number of hydrogen-bond acceptors (Lipinski definition) is 6. The zero-order valence-corrected chi connectivity index (χ0v) is 17.8. The number of pyridine rings is 1. The molecule has 0 unspecified atom stereocenters. The number of amidine groups is 1. The van der Waals surface area contributed by atoms with Crippen LogP contribution in [-0.4, -0.2) is 22.7 Å². The van der Waals surface area contributed by atoms with E-state index in [0.717, 1.165) is 43.9 Å². The van der Waals surface area contributed by atoms with E-state index in [1.807, 2.05) is 55.5 Å². The van der Waals surface area contributed by atoms with Crippen LogP contribution in [0.1, 0.15) is 12.5 Å². The third-order valence-electron chi connectivity index (χ3n) is 4.07. The Kier molecular flexibility index (Phi) is 5.80. The molecular formula is C21H16ClN3O2S2. The van der Waals surface area contributed by atoms with Crippen molar-refractivity contribution in [3.8, 4) is 5.75 Å². The van der Waals surface area contributed by atoms with E-state index >= 15 is 0 Å². The normalized spacial score (nSPS) is 15.2. The van der Waals surface area contributed by atoms with Crippen LogP contribution in [0.3, 0.4) is 0 Å². The van der Waals surface area contributed by atoms with Gasteiger partial charge in [-0.05, 0) is 73.3 Å². The van der Waals surface area contributed by atoms with Gasteiger partial charge in [0.05, 0.1) is 17.0 Å². The molecule has 0 atom stereocenters. The molecule has 2 aromatic carbocycles. The fourth-order valence-electron chi connectivity index (χ4n) is 2.79. The van der Waals surface area contributed by atoms with Crippen molar-refractivity contribution in [3.05, 3.63) is 64.0 Å². The van der Waals surface area contributed by atoms with Crippen molar-refractivity contribution in [3.63, 3.8) is 0 Å². The van der Waals surface area contributed by atoms with Gasteiger partial charge in [-0.3, -0.25) is 10.2 Å². The first kappa shape index (κ1) is 19.8. The maximum absolute atomic E-state index is 12.1. The van der Waals surface area contributed by atoms with Gasteiger partial charge in [-0.2, -0.15) is 0 Å². The van der Waals surface area contributed by atoms with Gasteiger partial charge >= 0.3 is 0 Å². The van der Waals surface area contributed by atoms with Crippen LogP contribution in [0.2, 0.25) is 5.02 Å². The topological polar surface area (TPSA) is 75.1 Å². The van der Waals surface area contributed by atoms with Crippen LogP contribution in [0.5, 0.6) is 5.75 Å². The van der Waals surface area contributed by atoms with E-state index in [-0.39, 0.29) is 11.1 Å². The molecule has 29 heavy (non-hydrogen) atoms. The highest BCUT2D eigenvalue weighted by atomic mass is 35.5. The van der Waals surface area contributed by atoms with Gasteiger partial charge in [-0.1, -0.05) is 23.4 Å². The number of carbonyl (C=O) groups is 1. The number of nitrogens with one attached hydrogen (secondary N) is 2. The average molecular weight is 442 g/mol. The summed E-state index contributed by atoms with van der Waals surface area (Å²) < 4.78 is 5.60. The minimum absolute atomic E-state index is 0.125. The number of aromatic nitrogens is 1. The van der Waals surface area contributed by atoms with Gasteiger partial charge in [0.25, 0.3) is 5.91 Å². The number of fused-ring (bicyclic) bond motifs is 1. The van der Waals surface area contributed by atoms with Crippen molar-refractivity contribution in [1.82, 2.24) is 10.3 Å². The molecule has 3 aromatic rings. The van der Waals surface area contributed by atoms with E-state index in [1.54, 1.807) is 6.08 Å². The quantitative estimate of drug-likeness (QED) is 0.506. The van der Waals surface area contributed by atoms with Crippen LogP contribution in [0.25, 0.3) is 17.0 Å². The monoisotopic (exact) mass is 441 g/mol. The van der Waals surface area contributed by atoms with Crippen molar-refractivity contribution in [1.29, 1.82) is 5.41 Å². The zero-order chi connectivity index (χ0) is 20.4. The highest BCUT2D eigenvalue weighted by Gasteiger charge is 2.23. The third kappa shape index (κ3) is 4.58. The van der Waals surface area contributed by atoms with Crippen molar-refractivity contribution in [2.24, 2.45) is 0 Å². The molecule has 4 rings (SSSR count). The first-order valence-electron chi connectivity index (χ1n) is 8.82. The van der Waals surface area contributed by atoms with Crippen LogP contribution in [0.4, 0.5) is 0 Å². The summed E-state index contributed by atoms with van der Waals surface area (Å²) in [6, 6.07) is 15.3. The van der Waals surface area contributed by atoms with Crippen LogP contribution in [0, 0.1) is 5.41 Å². The molecule has 1 aliphatic rings. The molecule has 1 aliphatic heterocycles. The Bertz CT molecular complexity index is 1150. The molecule has 1 amide bonds. The Balaban J connectivity index is 1.81. The first-order valence-corrected chi connectivity index (χ1v) is 10.8. The number of benzene rings is 2. The lowest BCUT2D eigenvalue weighted by atomic mass is 10.1. The number of amides is 1. The van der Waals surface area contributed by atoms with E-state index in [1.165, 1.54) is 11.8 Å². The van der Waals surface area contributed by atoms with Gasteiger partial charge in [-0.15, -0.1) is 0 Å². The van der Waals surface area contributed by atoms with Gasteiger partial charge < -0.3 is 10.1 Å². The standard InChI is InChI=1S/C21H16ClN3O2S2/c1-2-27-15-5-8-17-12(10-15)9-13(11-18-19(26)25-21(23)29-18)20(24-17)28-16-6-3-14(22)4-7-16/h3-11H,2H2,1H3,(H2,23,25,26). The van der Waals surface area contributed by atoms with E-state index < -0.39 is 0 Å². The molecule has 146 valence electrons. The molecule has 2 N–H and O–H groups in total. The number of ether oxygens (including phenoxy) is 1. The number of carbonyl (C=O) groups excluding carboxylic acids is 1. The lowest BCUT2D eigenvalue weighted by Gasteiger charge is -2.10. The second kappa shape index (κ2) is 8.49. The van der Waals surface area contributed by atoms with Crippen molar-refractivity contribution in [2.75, 3.05) is 6.61 Å². The molecule has 0 spiro atoms. The highest BCUT2D eigenvalue weighted by molar-refractivity contribution is 8.18. The van der Waals surface area contributed by atoms with E-state index in [0.29, 0.717) is 16.5 Å². The molecule has 1 fully saturated rings. The zero-order valence-electron chi connectivity index (χ0n) is 15.4. The highest BCUT2D eigenvalue weighted by Crippen LogP contribution is 2.35. The minimum atomic E-state index is -0.273. The second-order valence-electron chi connectivity index (χ2n) is 6.12. The largest absolute Gasteiger partial charge is 0.494 e. The molecule has 2 heterocycles. The van der Waals surface area contributed by atoms with Gasteiger partial charge in [-0.25, -0.2) is 4.98 Å². The summed E-state index contributed by atoms with van der Waals surface area (Å²) in [4.78, 5) is 18.4. The Hall–Kier alpha value is -2.48. The maximum atomic E-state index is 12.1. The van der Waals surface area contributed by atoms with Gasteiger partial charge in [0, 0.05) is 20.9 Å². The molecular weight excluding hydrogens is 426 g/mol. The number of halogens is 1. The summed E-state index contributed by atoms with van der Waals surface area (Å²) in [5.41, 5.74) is 1.64. The summed E-state index contributed by atoms with van der Waals surface area (Å²) in [5, 5.41) is 12.7. The van der Waals surface area contributed by atoms with Gasteiger partial charge in [0.15, 0.2) is 5.17 Å². The summed E-state index contributed by atoms with van der Waals surface area (Å²) in [6.07, 6.45) is 1.78. The fraction of sp³-hybridized carbons (Fsp3) is 0.0952. The number of hydrogen-bond donors (Lipinski definition) is 2. The number of nitrogens with zero attached hydrogens (tertiary/aromatic N) is 1. The van der Waals surface area contributed by atoms with Crippen LogP contribution in [0.15, 0.2) is 63.4 Å². The molecule has 1 aromatic heterocycles. The molecule has 0 saturated carbocycles. The second-order valence-corrected chi connectivity index (χ2v) is 8.67. The SMILES string of the molecule is CCOc1ccc2nc(Sc3ccc(Cl)cc3)c(C=C3SC(=N)NC3=O)cc2c1. The van der Waals surface area contributed by atoms with E-state index in [4.69, 9.17) is 26.7 Å². The predicted octanol–water partition coefficient (Wildman–Crippen LogP) is 5.58. The Morgan fingerprint density at radius 1 is 1.24 bits per heavy atom. The van der Waals surface area contributed by atoms with Crippen LogP contribution < -0.4 is 10.1 Å². The molecule has 0 bridgehead atoms. The predicted molar refractivity (Wildman–Crippen MR) is 120 cm³/mol.